The van der Waals surface area contributed by atoms with Gasteiger partial charge < -0.3 is 5.32 Å². The third kappa shape index (κ3) is 7.64. The lowest BCUT2D eigenvalue weighted by Gasteiger charge is -2.09. The molecular formula is C23H24ClN3O5S2. The van der Waals surface area contributed by atoms with E-state index in [9.17, 15) is 21.6 Å². The van der Waals surface area contributed by atoms with Crippen molar-refractivity contribution in [2.75, 3.05) is 18.4 Å². The number of nitrogens with one attached hydrogen (secondary N) is 3. The Balaban J connectivity index is 1.46. The molecule has 0 saturated carbocycles. The van der Waals surface area contributed by atoms with Crippen LogP contribution in [-0.2, 0) is 31.3 Å². The zero-order valence-corrected chi connectivity index (χ0v) is 20.5. The summed E-state index contributed by atoms with van der Waals surface area (Å²) < 4.78 is 54.3. The minimum absolute atomic E-state index is 0.0477. The normalized spacial score (nSPS) is 11.8. The molecule has 0 radical (unpaired) electrons. The quantitative estimate of drug-likeness (QED) is 0.358. The number of anilines is 1. The smallest absolute Gasteiger partial charge is 0.240 e. The molecule has 3 aromatic rings. The molecule has 34 heavy (non-hydrogen) atoms. The van der Waals surface area contributed by atoms with Gasteiger partial charge in [0.2, 0.25) is 26.0 Å². The lowest BCUT2D eigenvalue weighted by molar-refractivity contribution is -0.116. The molecule has 0 heterocycles. The molecule has 0 aliphatic rings. The van der Waals surface area contributed by atoms with Crippen LogP contribution in [-0.4, -0.2) is 35.8 Å². The molecule has 3 rings (SSSR count). The summed E-state index contributed by atoms with van der Waals surface area (Å²) in [6.45, 7) is 0.158. The summed E-state index contributed by atoms with van der Waals surface area (Å²) in [7, 11) is -7.44. The predicted octanol–water partition coefficient (Wildman–Crippen LogP) is 3.17. The van der Waals surface area contributed by atoms with Crippen molar-refractivity contribution < 1.29 is 21.6 Å². The molecule has 0 bridgehead atoms. The average molecular weight is 522 g/mol. The summed E-state index contributed by atoms with van der Waals surface area (Å²) in [6, 6.07) is 20.9. The van der Waals surface area contributed by atoms with Crippen LogP contribution in [0.15, 0.2) is 88.7 Å². The predicted molar refractivity (Wildman–Crippen MR) is 132 cm³/mol. The van der Waals surface area contributed by atoms with Gasteiger partial charge in [0.05, 0.1) is 9.79 Å². The monoisotopic (exact) mass is 521 g/mol. The first kappa shape index (κ1) is 25.9. The second-order valence-corrected chi connectivity index (χ2v) is 11.3. The highest BCUT2D eigenvalue weighted by Gasteiger charge is 2.15. The highest BCUT2D eigenvalue weighted by Crippen LogP contribution is 2.15. The Hall–Kier alpha value is -2.76. The number of rotatable bonds is 11. The Labute approximate surface area is 204 Å². The lowest BCUT2D eigenvalue weighted by Crippen LogP contribution is -2.28. The van der Waals surface area contributed by atoms with Gasteiger partial charge in [-0.25, -0.2) is 26.3 Å². The summed E-state index contributed by atoms with van der Waals surface area (Å²) in [5.74, 6) is -0.421. The summed E-state index contributed by atoms with van der Waals surface area (Å²) in [5.41, 5.74) is 1.42. The molecule has 11 heteroatoms. The molecule has 0 aromatic heterocycles. The van der Waals surface area contributed by atoms with E-state index in [2.05, 4.69) is 14.8 Å². The van der Waals surface area contributed by atoms with E-state index in [1.165, 1.54) is 48.5 Å². The Morgan fingerprint density at radius 3 is 1.82 bits per heavy atom. The van der Waals surface area contributed by atoms with Crippen molar-refractivity contribution in [3.8, 4) is 0 Å². The number of benzene rings is 3. The Morgan fingerprint density at radius 1 is 0.706 bits per heavy atom. The number of halogens is 1. The second kappa shape index (κ2) is 11.6. The fourth-order valence-electron chi connectivity index (χ4n) is 2.99. The first-order valence-corrected chi connectivity index (χ1v) is 13.7. The van der Waals surface area contributed by atoms with Crippen molar-refractivity contribution in [3.63, 3.8) is 0 Å². The average Bonchev–Trinajstić information content (AvgIpc) is 2.80. The maximum absolute atomic E-state index is 12.5. The van der Waals surface area contributed by atoms with E-state index in [4.69, 9.17) is 11.6 Å². The molecule has 3 N–H and O–H groups in total. The van der Waals surface area contributed by atoms with Gasteiger partial charge in [0.1, 0.15) is 0 Å². The van der Waals surface area contributed by atoms with Crippen molar-refractivity contribution in [1.82, 2.24) is 9.44 Å². The van der Waals surface area contributed by atoms with Gasteiger partial charge in [-0.1, -0.05) is 41.9 Å². The van der Waals surface area contributed by atoms with E-state index in [0.29, 0.717) is 17.1 Å². The number of carbonyl (C=O) groups is 1. The Bertz CT molecular complexity index is 1310. The van der Waals surface area contributed by atoms with Gasteiger partial charge in [-0.2, -0.15) is 0 Å². The van der Waals surface area contributed by atoms with E-state index in [1.807, 2.05) is 30.3 Å². The first-order valence-electron chi connectivity index (χ1n) is 10.3. The highest BCUT2D eigenvalue weighted by atomic mass is 35.5. The van der Waals surface area contributed by atoms with Crippen molar-refractivity contribution in [3.05, 3.63) is 89.4 Å². The molecule has 0 fully saturated rings. The van der Waals surface area contributed by atoms with Crippen LogP contribution in [0.1, 0.15) is 12.0 Å². The van der Waals surface area contributed by atoms with Gasteiger partial charge in [0.15, 0.2) is 0 Å². The van der Waals surface area contributed by atoms with E-state index < -0.39 is 26.0 Å². The van der Waals surface area contributed by atoms with E-state index in [-0.39, 0.29) is 29.3 Å². The van der Waals surface area contributed by atoms with Crippen LogP contribution in [0.5, 0.6) is 0 Å². The van der Waals surface area contributed by atoms with Gasteiger partial charge in [0.25, 0.3) is 0 Å². The van der Waals surface area contributed by atoms with Crippen molar-refractivity contribution in [1.29, 1.82) is 0 Å². The number of hydrogen-bond acceptors (Lipinski definition) is 5. The minimum atomic E-state index is -3.76. The number of sulfonamides is 2. The lowest BCUT2D eigenvalue weighted by atomic mass is 10.2. The van der Waals surface area contributed by atoms with Gasteiger partial charge in [-0.3, -0.25) is 4.79 Å². The number of amides is 1. The van der Waals surface area contributed by atoms with E-state index >= 15 is 0 Å². The fourth-order valence-corrected chi connectivity index (χ4v) is 5.18. The maximum atomic E-state index is 12.5. The van der Waals surface area contributed by atoms with Crippen molar-refractivity contribution in [2.24, 2.45) is 0 Å². The third-order valence-electron chi connectivity index (χ3n) is 4.77. The molecule has 0 unspecified atom stereocenters. The van der Waals surface area contributed by atoms with Crippen molar-refractivity contribution >= 4 is 43.2 Å². The van der Waals surface area contributed by atoms with E-state index in [1.54, 1.807) is 0 Å². The highest BCUT2D eigenvalue weighted by molar-refractivity contribution is 7.89. The number of hydrogen-bond donors (Lipinski definition) is 3. The van der Waals surface area contributed by atoms with Crippen LogP contribution >= 0.6 is 11.6 Å². The standard InChI is InChI=1S/C23H24ClN3O5S2/c24-19-6-10-21(11-7-19)33(29,30)26-17-15-23(28)27-20-8-12-22(13-9-20)34(31,32)25-16-14-18-4-2-1-3-5-18/h1-13,25-26H,14-17H2,(H,27,28). The van der Waals surface area contributed by atoms with E-state index in [0.717, 1.165) is 5.56 Å². The van der Waals surface area contributed by atoms with Gasteiger partial charge in [-0.05, 0) is 60.5 Å². The Kier molecular flexibility index (Phi) is 8.81. The summed E-state index contributed by atoms with van der Waals surface area (Å²) in [5, 5.41) is 3.03. The molecule has 0 saturated heterocycles. The zero-order valence-electron chi connectivity index (χ0n) is 18.1. The first-order chi connectivity index (χ1) is 16.2. The van der Waals surface area contributed by atoms with Crippen LogP contribution in [0.4, 0.5) is 5.69 Å². The summed E-state index contributed by atoms with van der Waals surface area (Å²) >= 11 is 5.76. The van der Waals surface area contributed by atoms with Crippen LogP contribution in [0.25, 0.3) is 0 Å². The molecule has 0 atom stereocenters. The third-order valence-corrected chi connectivity index (χ3v) is 7.97. The molecule has 180 valence electrons. The molecule has 3 aromatic carbocycles. The molecular weight excluding hydrogens is 498 g/mol. The van der Waals surface area contributed by atoms with Crippen LogP contribution in [0, 0.1) is 0 Å². The van der Waals surface area contributed by atoms with Gasteiger partial charge in [-0.15, -0.1) is 0 Å². The van der Waals surface area contributed by atoms with Gasteiger partial charge in [0, 0.05) is 30.2 Å². The van der Waals surface area contributed by atoms with Gasteiger partial charge >= 0.3 is 0 Å². The molecule has 0 aliphatic carbocycles. The van der Waals surface area contributed by atoms with Crippen molar-refractivity contribution in [2.45, 2.75) is 22.6 Å². The zero-order chi connectivity index (χ0) is 24.6. The summed E-state index contributed by atoms with van der Waals surface area (Å²) in [4.78, 5) is 12.3. The minimum Gasteiger partial charge on any atom is -0.326 e. The van der Waals surface area contributed by atoms with Crippen LogP contribution < -0.4 is 14.8 Å². The van der Waals surface area contributed by atoms with Crippen LogP contribution in [0.2, 0.25) is 5.02 Å². The number of carbonyl (C=O) groups excluding carboxylic acids is 1. The molecule has 8 nitrogen and oxygen atoms in total. The second-order valence-electron chi connectivity index (χ2n) is 7.31. The molecule has 1 amide bonds. The summed E-state index contributed by atoms with van der Waals surface area (Å²) in [6.07, 6.45) is 0.462. The fraction of sp³-hybridized carbons (Fsp3) is 0.174. The van der Waals surface area contributed by atoms with Crippen LogP contribution in [0.3, 0.4) is 0 Å². The molecule has 0 aliphatic heterocycles. The molecule has 0 spiro atoms. The largest absolute Gasteiger partial charge is 0.326 e. The Morgan fingerprint density at radius 2 is 1.24 bits per heavy atom. The SMILES string of the molecule is O=C(CCNS(=O)(=O)c1ccc(Cl)cc1)Nc1ccc(S(=O)(=O)NCCc2ccccc2)cc1. The topological polar surface area (TPSA) is 121 Å². The maximum Gasteiger partial charge on any atom is 0.240 e.